The van der Waals surface area contributed by atoms with Crippen LogP contribution in [0.1, 0.15) is 46.8 Å². The van der Waals surface area contributed by atoms with Gasteiger partial charge in [0.2, 0.25) is 0 Å². The summed E-state index contributed by atoms with van der Waals surface area (Å²) in [5.74, 6) is 0.551. The Kier molecular flexibility index (Phi) is 3.38. The van der Waals surface area contributed by atoms with E-state index in [2.05, 4.69) is 18.8 Å². The minimum atomic E-state index is 0.0749. The maximum absolute atomic E-state index is 12.7. The molecule has 1 N–H and O–H groups in total. The van der Waals surface area contributed by atoms with Crippen molar-refractivity contribution < 1.29 is 4.79 Å². The predicted molar refractivity (Wildman–Crippen MR) is 87.0 cm³/mol. The highest BCUT2D eigenvalue weighted by Crippen LogP contribution is 2.25. The Balaban J connectivity index is 2.04. The molecule has 3 aromatic rings. The Morgan fingerprint density at radius 3 is 2.43 bits per heavy atom. The molecule has 106 valence electrons. The van der Waals surface area contributed by atoms with Gasteiger partial charge in [-0.15, -0.1) is 0 Å². The predicted octanol–water partition coefficient (Wildman–Crippen LogP) is 4.83. The number of H-pyrrole nitrogens is 1. The molecule has 0 bridgehead atoms. The molecule has 0 unspecified atom stereocenters. The number of aromatic amines is 1. The number of benzene rings is 2. The monoisotopic (exact) mass is 277 g/mol. The van der Waals surface area contributed by atoms with Gasteiger partial charge in [-0.1, -0.05) is 50.2 Å². The second kappa shape index (κ2) is 5.21. The lowest BCUT2D eigenvalue weighted by Crippen LogP contribution is -2.01. The zero-order valence-corrected chi connectivity index (χ0v) is 12.6. The SMILES string of the molecule is Cc1cccc2[nH]cc(C(=O)c3ccc(C(C)C)cc3)c12. The summed E-state index contributed by atoms with van der Waals surface area (Å²) < 4.78 is 0. The molecule has 0 atom stereocenters. The van der Waals surface area contributed by atoms with Crippen molar-refractivity contribution in [3.05, 3.63) is 70.9 Å². The van der Waals surface area contributed by atoms with Crippen LogP contribution in [0.4, 0.5) is 0 Å². The van der Waals surface area contributed by atoms with Crippen molar-refractivity contribution in [1.82, 2.24) is 4.98 Å². The number of fused-ring (bicyclic) bond motifs is 1. The van der Waals surface area contributed by atoms with Crippen molar-refractivity contribution in [1.29, 1.82) is 0 Å². The van der Waals surface area contributed by atoms with Gasteiger partial charge in [-0.3, -0.25) is 4.79 Å². The molecule has 2 aromatic carbocycles. The third kappa shape index (κ3) is 2.38. The van der Waals surface area contributed by atoms with Gasteiger partial charge in [-0.25, -0.2) is 0 Å². The molecule has 2 heteroatoms. The highest BCUT2D eigenvalue weighted by molar-refractivity contribution is 6.16. The highest BCUT2D eigenvalue weighted by Gasteiger charge is 2.15. The normalized spacial score (nSPS) is 11.2. The van der Waals surface area contributed by atoms with Gasteiger partial charge < -0.3 is 4.98 Å². The van der Waals surface area contributed by atoms with Crippen LogP contribution in [-0.2, 0) is 0 Å². The van der Waals surface area contributed by atoms with Crippen LogP contribution in [-0.4, -0.2) is 10.8 Å². The van der Waals surface area contributed by atoms with Gasteiger partial charge in [0.05, 0.1) is 0 Å². The number of nitrogens with one attached hydrogen (secondary N) is 1. The third-order valence-electron chi connectivity index (χ3n) is 4.00. The number of rotatable bonds is 3. The lowest BCUT2D eigenvalue weighted by molar-refractivity contribution is 0.104. The van der Waals surface area contributed by atoms with E-state index in [1.54, 1.807) is 0 Å². The molecule has 0 aliphatic carbocycles. The van der Waals surface area contributed by atoms with E-state index in [1.807, 2.05) is 55.6 Å². The molecule has 0 saturated heterocycles. The molecule has 0 fully saturated rings. The molecular weight excluding hydrogens is 258 g/mol. The van der Waals surface area contributed by atoms with E-state index >= 15 is 0 Å². The number of hydrogen-bond donors (Lipinski definition) is 1. The summed E-state index contributed by atoms with van der Waals surface area (Å²) in [5.41, 5.74) is 4.87. The van der Waals surface area contributed by atoms with Crippen LogP contribution >= 0.6 is 0 Å². The fourth-order valence-electron chi connectivity index (χ4n) is 2.72. The van der Waals surface area contributed by atoms with Crippen molar-refractivity contribution in [2.45, 2.75) is 26.7 Å². The standard InChI is InChI=1S/C19H19NO/c1-12(2)14-7-9-15(10-8-14)19(21)16-11-20-17-6-4-5-13(3)18(16)17/h4-12,20H,1-3H3. The van der Waals surface area contributed by atoms with E-state index in [0.29, 0.717) is 5.92 Å². The minimum Gasteiger partial charge on any atom is -0.360 e. The number of carbonyl (C=O) groups is 1. The number of aryl methyl sites for hydroxylation is 1. The summed E-state index contributed by atoms with van der Waals surface area (Å²) in [5, 5.41) is 1.02. The van der Waals surface area contributed by atoms with Crippen LogP contribution in [0.5, 0.6) is 0 Å². The Hall–Kier alpha value is -2.35. The first-order chi connectivity index (χ1) is 10.1. The lowest BCUT2D eigenvalue weighted by Gasteiger charge is -2.06. The molecule has 0 aliphatic heterocycles. The van der Waals surface area contributed by atoms with Crippen LogP contribution in [0.2, 0.25) is 0 Å². The van der Waals surface area contributed by atoms with Gasteiger partial charge in [-0.05, 0) is 30.0 Å². The van der Waals surface area contributed by atoms with Crippen molar-refractivity contribution in [2.75, 3.05) is 0 Å². The van der Waals surface area contributed by atoms with Gasteiger partial charge in [0.25, 0.3) is 0 Å². The highest BCUT2D eigenvalue weighted by atomic mass is 16.1. The largest absolute Gasteiger partial charge is 0.360 e. The van der Waals surface area contributed by atoms with E-state index in [9.17, 15) is 4.79 Å². The van der Waals surface area contributed by atoms with E-state index in [1.165, 1.54) is 5.56 Å². The summed E-state index contributed by atoms with van der Waals surface area (Å²) in [6.45, 7) is 6.34. The van der Waals surface area contributed by atoms with Crippen LogP contribution in [0.3, 0.4) is 0 Å². The number of hydrogen-bond acceptors (Lipinski definition) is 1. The molecule has 0 amide bonds. The first-order valence-electron chi connectivity index (χ1n) is 7.29. The molecule has 1 aromatic heterocycles. The Morgan fingerprint density at radius 2 is 1.76 bits per heavy atom. The first kappa shape index (κ1) is 13.6. The van der Waals surface area contributed by atoms with Gasteiger partial charge >= 0.3 is 0 Å². The van der Waals surface area contributed by atoms with Crippen LogP contribution < -0.4 is 0 Å². The number of ketones is 1. The lowest BCUT2D eigenvalue weighted by atomic mass is 9.97. The van der Waals surface area contributed by atoms with Crippen molar-refractivity contribution in [3.63, 3.8) is 0 Å². The van der Waals surface area contributed by atoms with Crippen LogP contribution in [0.25, 0.3) is 10.9 Å². The molecule has 2 nitrogen and oxygen atoms in total. The third-order valence-corrected chi connectivity index (χ3v) is 4.00. The molecule has 0 radical (unpaired) electrons. The minimum absolute atomic E-state index is 0.0749. The van der Waals surface area contributed by atoms with Crippen molar-refractivity contribution >= 4 is 16.7 Å². The maximum atomic E-state index is 12.7. The summed E-state index contributed by atoms with van der Waals surface area (Å²) in [6.07, 6.45) is 1.82. The Bertz CT molecular complexity index is 794. The van der Waals surface area contributed by atoms with Gasteiger partial charge in [-0.2, -0.15) is 0 Å². The number of carbonyl (C=O) groups excluding carboxylic acids is 1. The summed E-state index contributed by atoms with van der Waals surface area (Å²) in [7, 11) is 0. The molecule has 1 heterocycles. The van der Waals surface area contributed by atoms with Gasteiger partial charge in [0.1, 0.15) is 0 Å². The van der Waals surface area contributed by atoms with E-state index in [0.717, 1.165) is 27.6 Å². The molecule has 3 rings (SSSR count). The summed E-state index contributed by atoms with van der Waals surface area (Å²) in [6, 6.07) is 14.0. The topological polar surface area (TPSA) is 32.9 Å². The van der Waals surface area contributed by atoms with Crippen molar-refractivity contribution in [2.24, 2.45) is 0 Å². The van der Waals surface area contributed by atoms with Crippen LogP contribution in [0.15, 0.2) is 48.7 Å². The Morgan fingerprint density at radius 1 is 1.05 bits per heavy atom. The quantitative estimate of drug-likeness (QED) is 0.683. The second-order valence-corrected chi connectivity index (χ2v) is 5.81. The summed E-state index contributed by atoms with van der Waals surface area (Å²) in [4.78, 5) is 15.9. The molecule has 21 heavy (non-hydrogen) atoms. The fourth-order valence-corrected chi connectivity index (χ4v) is 2.72. The molecule has 0 saturated carbocycles. The Labute approximate surface area is 124 Å². The van der Waals surface area contributed by atoms with E-state index < -0.39 is 0 Å². The zero-order valence-electron chi connectivity index (χ0n) is 12.6. The van der Waals surface area contributed by atoms with Gasteiger partial charge in [0.15, 0.2) is 5.78 Å². The van der Waals surface area contributed by atoms with Crippen molar-refractivity contribution in [3.8, 4) is 0 Å². The van der Waals surface area contributed by atoms with Gasteiger partial charge in [0, 0.05) is 28.2 Å². The van der Waals surface area contributed by atoms with E-state index in [-0.39, 0.29) is 5.78 Å². The summed E-state index contributed by atoms with van der Waals surface area (Å²) >= 11 is 0. The average molecular weight is 277 g/mol. The smallest absolute Gasteiger partial charge is 0.195 e. The van der Waals surface area contributed by atoms with E-state index in [4.69, 9.17) is 0 Å². The maximum Gasteiger partial charge on any atom is 0.195 e. The average Bonchev–Trinajstić information content (AvgIpc) is 2.92. The zero-order chi connectivity index (χ0) is 15.0. The molecule has 0 aliphatic rings. The number of aromatic nitrogens is 1. The second-order valence-electron chi connectivity index (χ2n) is 5.81. The van der Waals surface area contributed by atoms with Crippen LogP contribution in [0, 0.1) is 6.92 Å². The molecule has 0 spiro atoms. The molecular formula is C19H19NO. The first-order valence-corrected chi connectivity index (χ1v) is 7.29. The fraction of sp³-hybridized carbons (Fsp3) is 0.211.